The molecule has 0 bridgehead atoms. The molecule has 0 atom stereocenters. The molecule has 0 fully saturated rings. The van der Waals surface area contributed by atoms with Crippen molar-refractivity contribution in [2.45, 2.75) is 19.9 Å². The minimum atomic E-state index is 0. The summed E-state index contributed by atoms with van der Waals surface area (Å²) in [7, 11) is 0. The van der Waals surface area contributed by atoms with Crippen molar-refractivity contribution in [3.8, 4) is 11.3 Å². The molecule has 0 unspecified atom stereocenters. The summed E-state index contributed by atoms with van der Waals surface area (Å²) >= 11 is 0. The fourth-order valence-electron chi connectivity index (χ4n) is 5.53. The number of rotatable bonds is 4. The molecule has 215 valence electrons. The molecule has 1 radical (unpaired) electrons. The number of para-hydroxylation sites is 3. The molecule has 7 aromatic rings. The van der Waals surface area contributed by atoms with Crippen molar-refractivity contribution >= 4 is 50.7 Å². The summed E-state index contributed by atoms with van der Waals surface area (Å²) in [6.45, 7) is 4.40. The van der Waals surface area contributed by atoms with Crippen molar-refractivity contribution in [2.24, 2.45) is 0 Å². The van der Waals surface area contributed by atoms with E-state index in [0.29, 0.717) is 6.04 Å². The van der Waals surface area contributed by atoms with Crippen LogP contribution in [0.2, 0.25) is 0 Å². The first-order valence-corrected chi connectivity index (χ1v) is 14.4. The molecule has 0 saturated carbocycles. The van der Waals surface area contributed by atoms with E-state index in [1.165, 1.54) is 5.39 Å². The van der Waals surface area contributed by atoms with E-state index in [4.69, 9.17) is 0 Å². The summed E-state index contributed by atoms with van der Waals surface area (Å²) < 4.78 is 6.50. The number of aromatic nitrogens is 3. The molecule has 5 nitrogen and oxygen atoms in total. The van der Waals surface area contributed by atoms with Gasteiger partial charge in [-0.15, -0.1) is 47.3 Å². The molecule has 44 heavy (non-hydrogen) atoms. The largest absolute Gasteiger partial charge is 0.501 e. The molecule has 0 N–H and O–H groups in total. The first-order valence-electron chi connectivity index (χ1n) is 14.4. The third-order valence-electron chi connectivity index (χ3n) is 7.46. The van der Waals surface area contributed by atoms with Crippen LogP contribution in [0.15, 0.2) is 134 Å². The first kappa shape index (κ1) is 29.1. The summed E-state index contributed by atoms with van der Waals surface area (Å²) in [5, 5.41) is 2.34. The third kappa shape index (κ3) is 5.43. The summed E-state index contributed by atoms with van der Waals surface area (Å²) in [6.07, 6.45) is 3.65. The van der Waals surface area contributed by atoms with Gasteiger partial charge in [0.15, 0.2) is 0 Å². The van der Waals surface area contributed by atoms with Gasteiger partial charge in [0.05, 0.1) is 0 Å². The fourth-order valence-corrected chi connectivity index (χ4v) is 5.53. The van der Waals surface area contributed by atoms with Crippen LogP contribution in [0.4, 0.5) is 22.7 Å². The third-order valence-corrected chi connectivity index (χ3v) is 7.46. The van der Waals surface area contributed by atoms with E-state index in [2.05, 4.69) is 122 Å². The van der Waals surface area contributed by atoms with E-state index >= 15 is 0 Å². The summed E-state index contributed by atoms with van der Waals surface area (Å²) in [5.41, 5.74) is 8.42. The zero-order valence-electron chi connectivity index (χ0n) is 24.3. The van der Waals surface area contributed by atoms with Gasteiger partial charge in [-0.05, 0) is 41.6 Å². The second-order valence-electron chi connectivity index (χ2n) is 10.5. The van der Waals surface area contributed by atoms with Gasteiger partial charge in [-0.25, -0.2) is 4.98 Å². The second kappa shape index (κ2) is 12.7. The van der Waals surface area contributed by atoms with Crippen molar-refractivity contribution in [1.82, 2.24) is 23.7 Å². The van der Waals surface area contributed by atoms with Crippen LogP contribution in [0.5, 0.6) is 0 Å². The Morgan fingerprint density at radius 2 is 1.43 bits per heavy atom. The van der Waals surface area contributed by atoms with Crippen LogP contribution < -0.4 is 9.15 Å². The van der Waals surface area contributed by atoms with Crippen LogP contribution in [-0.4, -0.2) is 20.5 Å². The van der Waals surface area contributed by atoms with Crippen LogP contribution in [0.1, 0.15) is 19.9 Å². The molecule has 0 amide bonds. The molecule has 3 aromatic heterocycles. The van der Waals surface area contributed by atoms with Crippen molar-refractivity contribution in [2.75, 3.05) is 0 Å². The number of benzene rings is 4. The van der Waals surface area contributed by atoms with Gasteiger partial charge in [0.2, 0.25) is 5.69 Å². The van der Waals surface area contributed by atoms with Crippen molar-refractivity contribution in [3.05, 3.63) is 146 Å². The minimum Gasteiger partial charge on any atom is -0.347 e. The van der Waals surface area contributed by atoms with Gasteiger partial charge < -0.3 is 9.55 Å². The van der Waals surface area contributed by atoms with Crippen LogP contribution in [0, 0.1) is 12.1 Å². The maximum atomic E-state index is 4.67. The molecule has 6 heteroatoms. The molecular weight excluding hydrogens is 719 g/mol. The number of pyridine rings is 2. The van der Waals surface area contributed by atoms with Gasteiger partial charge in [0.25, 0.3) is 11.4 Å². The Kier molecular flexibility index (Phi) is 8.40. The topological polar surface area (TPSA) is 36.7 Å². The zero-order valence-corrected chi connectivity index (χ0v) is 26.7. The molecule has 1 aliphatic rings. The smallest absolute Gasteiger partial charge is 0.347 e. The summed E-state index contributed by atoms with van der Waals surface area (Å²) in [5.74, 6) is 0. The Hall–Kier alpha value is -4.99. The second-order valence-corrected chi connectivity index (χ2v) is 10.5. The van der Waals surface area contributed by atoms with E-state index in [9.17, 15) is 0 Å². The van der Waals surface area contributed by atoms with Crippen molar-refractivity contribution in [1.29, 1.82) is 0 Å². The van der Waals surface area contributed by atoms with Crippen LogP contribution in [0.25, 0.3) is 33.2 Å². The maximum absolute atomic E-state index is 4.67. The molecule has 1 aliphatic heterocycles. The molecule has 0 saturated heterocycles. The van der Waals surface area contributed by atoms with E-state index in [1.807, 2.05) is 60.8 Å². The fraction of sp³-hybridized carbons (Fsp3) is 0.0789. The molecule has 4 heterocycles. The van der Waals surface area contributed by atoms with Gasteiger partial charge in [-0.2, -0.15) is 6.07 Å². The first-order chi connectivity index (χ1) is 21.2. The van der Waals surface area contributed by atoms with E-state index < -0.39 is 0 Å². The van der Waals surface area contributed by atoms with Gasteiger partial charge >= 0.3 is 6.01 Å². The Balaban J connectivity index is 0.000000222. The van der Waals surface area contributed by atoms with Crippen molar-refractivity contribution < 1.29 is 20.1 Å². The maximum Gasteiger partial charge on any atom is 0.501 e. The van der Waals surface area contributed by atoms with Crippen molar-refractivity contribution in [3.63, 3.8) is 0 Å². The van der Waals surface area contributed by atoms with Crippen LogP contribution >= 0.6 is 0 Å². The van der Waals surface area contributed by atoms with E-state index in [0.717, 1.165) is 50.6 Å². The molecule has 0 aliphatic carbocycles. The summed E-state index contributed by atoms with van der Waals surface area (Å²) in [6, 6.07) is 51.3. The number of fused-ring (bicyclic) bond motifs is 4. The Morgan fingerprint density at radius 1 is 0.705 bits per heavy atom. The zero-order chi connectivity index (χ0) is 29.2. The SMILES string of the molecule is CC(C)n1c2cc([N+]3=C=[N+](c4ccccc4)c4ccccc43)[c-]cc2c2cccnc21.[Ir].[c-]1ccccc1-c1ccccn1. The Bertz CT molecular complexity index is 2090. The van der Waals surface area contributed by atoms with Crippen LogP contribution in [-0.2, 0) is 20.1 Å². The monoisotopic (exact) mass is 748 g/mol. The average molecular weight is 748 g/mol. The van der Waals surface area contributed by atoms with Crippen LogP contribution in [0.3, 0.4) is 0 Å². The summed E-state index contributed by atoms with van der Waals surface area (Å²) in [4.78, 5) is 8.88. The van der Waals surface area contributed by atoms with Gasteiger partial charge in [0.1, 0.15) is 11.3 Å². The number of hydrogen-bond donors (Lipinski definition) is 0. The van der Waals surface area contributed by atoms with Gasteiger partial charge in [0, 0.05) is 62.8 Å². The van der Waals surface area contributed by atoms with E-state index in [1.54, 1.807) is 6.20 Å². The quantitative estimate of drug-likeness (QED) is 0.133. The molecular formula is C38H29IrN5. The van der Waals surface area contributed by atoms with Gasteiger partial charge in [-0.3, -0.25) is 0 Å². The Labute approximate surface area is 270 Å². The predicted molar refractivity (Wildman–Crippen MR) is 176 cm³/mol. The minimum absolute atomic E-state index is 0. The molecule has 8 rings (SSSR count). The predicted octanol–water partition coefficient (Wildman–Crippen LogP) is 8.97. The molecule has 4 aromatic carbocycles. The standard InChI is InChI=1S/C27H21N4.C11H8N.Ir/c1-19(2)31-26-17-21(14-15-22(26)23-11-8-16-28-27(23)31)30-18-29(20-9-4-3-5-10-20)24-12-6-7-13-25(24)30;1-2-6-10(7-3-1)11-8-4-5-9-12-11;/h3-13,15-17,19H,1-2H3;1-6,8-9H;/q+1;-1;. The Morgan fingerprint density at radius 3 is 2.16 bits per heavy atom. The van der Waals surface area contributed by atoms with E-state index in [-0.39, 0.29) is 20.1 Å². The molecule has 0 spiro atoms. The normalized spacial score (nSPS) is 11.8. The van der Waals surface area contributed by atoms with Gasteiger partial charge in [-0.1, -0.05) is 64.7 Å². The number of nitrogens with zero attached hydrogens (tertiary/aromatic N) is 5. The average Bonchev–Trinajstić information content (AvgIpc) is 3.62. The number of hydrogen-bond acceptors (Lipinski definition) is 2.